The van der Waals surface area contributed by atoms with Crippen molar-refractivity contribution in [1.29, 1.82) is 0 Å². The number of phenolic OH excluding ortho intramolecular Hbond substituents is 1. The van der Waals surface area contributed by atoms with Crippen molar-refractivity contribution in [1.82, 2.24) is 0 Å². The molecule has 8 nitrogen and oxygen atoms in total. The molecule has 0 unspecified atom stereocenters. The summed E-state index contributed by atoms with van der Waals surface area (Å²) in [6.45, 7) is 2.25. The number of nitrogens with zero attached hydrogens (tertiary/aromatic N) is 2. The van der Waals surface area contributed by atoms with E-state index in [2.05, 4.69) is 4.99 Å². The van der Waals surface area contributed by atoms with Crippen molar-refractivity contribution in [2.45, 2.75) is 18.2 Å². The van der Waals surface area contributed by atoms with Crippen LogP contribution in [-0.2, 0) is 10.1 Å². The Morgan fingerprint density at radius 2 is 2.05 bits per heavy atom. The number of aromatic hydroxyl groups is 1. The fourth-order valence-electron chi connectivity index (χ4n) is 1.29. The molecule has 0 radical (unpaired) electrons. The second kappa shape index (κ2) is 7.70. The number of hydrogen-bond acceptors (Lipinski definition) is 7. The smallest absolute Gasteiger partial charge is 0.744 e. The Hall–Kier alpha value is -1.000. The van der Waals surface area contributed by atoms with Crippen LogP contribution in [0.15, 0.2) is 22.0 Å². The van der Waals surface area contributed by atoms with Gasteiger partial charge in [0.1, 0.15) is 10.1 Å². The molecule has 0 bridgehead atoms. The summed E-state index contributed by atoms with van der Waals surface area (Å²) >= 11 is 0. The average Bonchev–Trinajstić information content (AvgIpc) is 2.29. The number of nitro groups is 1. The van der Waals surface area contributed by atoms with E-state index in [0.29, 0.717) is 19.0 Å². The Bertz CT molecular complexity index is 629. The van der Waals surface area contributed by atoms with Crippen LogP contribution in [0, 0.1) is 10.1 Å². The van der Waals surface area contributed by atoms with Crippen LogP contribution < -0.4 is 29.6 Å². The molecule has 104 valence electrons. The predicted molar refractivity (Wildman–Crippen MR) is 65.5 cm³/mol. The largest absolute Gasteiger partial charge is 1.00 e. The maximum Gasteiger partial charge on any atom is 1.00 e. The van der Waals surface area contributed by atoms with Crippen molar-refractivity contribution in [2.24, 2.45) is 4.99 Å². The Kier molecular flexibility index (Phi) is 7.31. The summed E-state index contributed by atoms with van der Waals surface area (Å²) in [6, 6.07) is 1.37. The van der Waals surface area contributed by atoms with Crippen LogP contribution in [0.4, 0.5) is 5.69 Å². The summed E-state index contributed by atoms with van der Waals surface area (Å²) in [5.41, 5.74) is -1.04. The second-order valence-corrected chi connectivity index (χ2v) is 5.01. The van der Waals surface area contributed by atoms with Gasteiger partial charge in [-0.15, -0.1) is 0 Å². The fraction of sp³-hybridized carbons (Fsp3) is 0.300. The van der Waals surface area contributed by atoms with Gasteiger partial charge in [-0.05, 0) is 12.5 Å². The van der Waals surface area contributed by atoms with Crippen LogP contribution in [0.25, 0.3) is 0 Å². The molecule has 0 amide bonds. The summed E-state index contributed by atoms with van der Waals surface area (Å²) in [6.07, 6.45) is 1.80. The van der Waals surface area contributed by atoms with E-state index in [1.807, 2.05) is 6.92 Å². The third-order valence-corrected chi connectivity index (χ3v) is 2.97. The van der Waals surface area contributed by atoms with E-state index in [1.165, 1.54) is 0 Å². The minimum absolute atomic E-state index is 0. The molecule has 1 rings (SSSR count). The number of benzene rings is 1. The molecule has 1 aromatic carbocycles. The normalized spacial score (nSPS) is 11.3. The minimum Gasteiger partial charge on any atom is -0.744 e. The molecule has 0 aliphatic carbocycles. The Morgan fingerprint density at radius 3 is 2.50 bits per heavy atom. The maximum absolute atomic E-state index is 10.9. The van der Waals surface area contributed by atoms with Crippen molar-refractivity contribution in [2.75, 3.05) is 6.54 Å². The van der Waals surface area contributed by atoms with E-state index < -0.39 is 31.4 Å². The van der Waals surface area contributed by atoms with E-state index >= 15 is 0 Å². The zero-order chi connectivity index (χ0) is 14.6. The van der Waals surface area contributed by atoms with E-state index in [0.717, 1.165) is 12.3 Å². The van der Waals surface area contributed by atoms with Gasteiger partial charge in [0, 0.05) is 24.4 Å². The van der Waals surface area contributed by atoms with Gasteiger partial charge in [0.05, 0.1) is 9.82 Å². The Labute approximate surface area is 137 Å². The van der Waals surface area contributed by atoms with Crippen LogP contribution in [-0.4, -0.2) is 35.8 Å². The quantitative estimate of drug-likeness (QED) is 0.221. The van der Waals surface area contributed by atoms with E-state index in [-0.39, 0.29) is 35.1 Å². The van der Waals surface area contributed by atoms with Crippen molar-refractivity contribution in [3.63, 3.8) is 0 Å². The molecule has 0 saturated carbocycles. The first-order valence-corrected chi connectivity index (χ1v) is 6.65. The first kappa shape index (κ1) is 19.0. The molecule has 0 spiro atoms. The third-order valence-electron chi connectivity index (χ3n) is 2.16. The number of hydrogen-bond donors (Lipinski definition) is 1. The van der Waals surface area contributed by atoms with Gasteiger partial charge < -0.3 is 9.66 Å². The second-order valence-electron chi connectivity index (χ2n) is 3.63. The number of aliphatic imine (C=N–C) groups is 1. The van der Waals surface area contributed by atoms with Gasteiger partial charge in [-0.25, -0.2) is 8.42 Å². The summed E-state index contributed by atoms with van der Waals surface area (Å²) < 4.78 is 32.7. The number of phenols is 1. The molecular formula is C10H11N2NaO6S. The van der Waals surface area contributed by atoms with Crippen molar-refractivity contribution < 1.29 is 52.6 Å². The van der Waals surface area contributed by atoms with Gasteiger partial charge >= 0.3 is 35.2 Å². The Balaban J connectivity index is 0.00000361. The van der Waals surface area contributed by atoms with Crippen molar-refractivity contribution in [3.8, 4) is 5.75 Å². The van der Waals surface area contributed by atoms with E-state index in [4.69, 9.17) is 0 Å². The van der Waals surface area contributed by atoms with Gasteiger partial charge in [-0.2, -0.15) is 0 Å². The van der Waals surface area contributed by atoms with Gasteiger partial charge in [0.15, 0.2) is 0 Å². The summed E-state index contributed by atoms with van der Waals surface area (Å²) in [4.78, 5) is 12.8. The van der Waals surface area contributed by atoms with Crippen LogP contribution in [0.3, 0.4) is 0 Å². The van der Waals surface area contributed by atoms with Gasteiger partial charge in [0.25, 0.3) is 0 Å². The van der Waals surface area contributed by atoms with Gasteiger partial charge in [0.2, 0.25) is 5.75 Å². The summed E-state index contributed by atoms with van der Waals surface area (Å²) in [5, 5.41) is 20.3. The molecule has 0 aliphatic heterocycles. The minimum atomic E-state index is -4.86. The molecule has 1 N–H and O–H groups in total. The molecule has 0 heterocycles. The van der Waals surface area contributed by atoms with Crippen LogP contribution in [0.2, 0.25) is 0 Å². The number of nitro benzene ring substituents is 1. The molecule has 0 aromatic heterocycles. The third kappa shape index (κ3) is 4.84. The molecule has 0 aliphatic rings. The molecule has 1 aromatic rings. The SMILES string of the molecule is CCCN=Cc1cc(S(=O)(=O)[O-])cc([N+](=O)[O-])c1O.[Na+]. The predicted octanol–water partition coefficient (Wildman–Crippen LogP) is -1.96. The first-order chi connectivity index (χ1) is 8.77. The van der Waals surface area contributed by atoms with Crippen molar-refractivity contribution in [3.05, 3.63) is 27.8 Å². The number of rotatable bonds is 5. The van der Waals surface area contributed by atoms with Crippen molar-refractivity contribution >= 4 is 22.0 Å². The standard InChI is InChI=1S/C10H12N2O6S.Na/c1-2-3-11-6-7-4-8(19(16,17)18)5-9(10(7)13)12(14)15;/h4-6,13H,2-3H2,1H3,(H,16,17,18);/q;+1/p-1. The van der Waals surface area contributed by atoms with E-state index in [1.54, 1.807) is 0 Å². The zero-order valence-electron chi connectivity index (χ0n) is 10.9. The average molecular weight is 310 g/mol. The molecular weight excluding hydrogens is 299 g/mol. The van der Waals surface area contributed by atoms with Crippen LogP contribution in [0.1, 0.15) is 18.9 Å². The topological polar surface area (TPSA) is 133 Å². The van der Waals surface area contributed by atoms with Gasteiger partial charge in [-0.1, -0.05) is 6.92 Å². The molecule has 20 heavy (non-hydrogen) atoms. The molecule has 0 saturated heterocycles. The van der Waals surface area contributed by atoms with E-state index in [9.17, 15) is 28.2 Å². The molecule has 0 atom stereocenters. The molecule has 0 fully saturated rings. The van der Waals surface area contributed by atoms with Crippen LogP contribution >= 0.6 is 0 Å². The maximum atomic E-state index is 10.9. The monoisotopic (exact) mass is 310 g/mol. The van der Waals surface area contributed by atoms with Crippen LogP contribution in [0.5, 0.6) is 5.75 Å². The zero-order valence-corrected chi connectivity index (χ0v) is 13.8. The Morgan fingerprint density at radius 1 is 1.45 bits per heavy atom. The summed E-state index contributed by atoms with van der Waals surface area (Å²) in [7, 11) is -4.86. The summed E-state index contributed by atoms with van der Waals surface area (Å²) in [5.74, 6) is -0.725. The van der Waals surface area contributed by atoms with Gasteiger partial charge in [-0.3, -0.25) is 15.1 Å². The fourth-order valence-corrected chi connectivity index (χ4v) is 1.82. The molecule has 10 heteroatoms. The first-order valence-electron chi connectivity index (χ1n) is 5.24.